The Labute approximate surface area is 156 Å². The fraction of sp³-hybridized carbons (Fsp3) is 0.231. The van der Waals surface area contributed by atoms with Crippen molar-refractivity contribution < 1.29 is 0 Å². The number of rotatable bonds is 5. The van der Waals surface area contributed by atoms with Crippen molar-refractivity contribution in [2.45, 2.75) is 39.5 Å². The summed E-state index contributed by atoms with van der Waals surface area (Å²) in [6.45, 7) is 4.41. The maximum atomic E-state index is 2.37. The summed E-state index contributed by atoms with van der Waals surface area (Å²) in [5.41, 5.74) is 5.54. The molecule has 0 nitrogen and oxygen atoms in total. The molecule has 0 heterocycles. The Balaban J connectivity index is 1.63. The highest BCUT2D eigenvalue weighted by molar-refractivity contribution is 5.85. The number of hydrogen-bond donors (Lipinski definition) is 0. The second kappa shape index (κ2) is 7.33. The highest BCUT2D eigenvalue weighted by Crippen LogP contribution is 2.23. The van der Waals surface area contributed by atoms with Crippen LogP contribution in [0.25, 0.3) is 21.5 Å². The van der Waals surface area contributed by atoms with Crippen LogP contribution in [-0.4, -0.2) is 0 Å². The molecule has 4 aromatic carbocycles. The van der Waals surface area contributed by atoms with Crippen molar-refractivity contribution in [2.75, 3.05) is 0 Å². The Morgan fingerprint density at radius 2 is 1.12 bits per heavy atom. The van der Waals surface area contributed by atoms with E-state index in [2.05, 4.69) is 86.6 Å². The second-order valence-corrected chi connectivity index (χ2v) is 7.48. The van der Waals surface area contributed by atoms with E-state index in [4.69, 9.17) is 0 Å². The lowest BCUT2D eigenvalue weighted by Crippen LogP contribution is -1.90. The molecule has 0 atom stereocenters. The summed E-state index contributed by atoms with van der Waals surface area (Å²) in [6, 6.07) is 27.3. The molecule has 0 aliphatic carbocycles. The minimum Gasteiger partial charge on any atom is -0.0654 e. The van der Waals surface area contributed by atoms with E-state index >= 15 is 0 Å². The van der Waals surface area contributed by atoms with Gasteiger partial charge in [0.1, 0.15) is 0 Å². The van der Waals surface area contributed by atoms with Crippen molar-refractivity contribution in [2.24, 2.45) is 0 Å². The summed E-state index contributed by atoms with van der Waals surface area (Å²) in [6.07, 6.45) is 4.68. The molecule has 0 N–H and O–H groups in total. The van der Waals surface area contributed by atoms with Crippen LogP contribution in [0.4, 0.5) is 0 Å². The molecule has 0 unspecified atom stereocenters. The van der Waals surface area contributed by atoms with Gasteiger partial charge in [0.15, 0.2) is 0 Å². The van der Waals surface area contributed by atoms with Crippen LogP contribution in [-0.2, 0) is 12.8 Å². The fourth-order valence-corrected chi connectivity index (χ4v) is 3.75. The Hall–Kier alpha value is -2.60. The van der Waals surface area contributed by atoms with Gasteiger partial charge in [-0.05, 0) is 64.4 Å². The molecule has 0 heteroatoms. The molecule has 0 aliphatic heterocycles. The first kappa shape index (κ1) is 16.8. The summed E-state index contributed by atoms with van der Waals surface area (Å²) < 4.78 is 0. The molecule has 4 aromatic rings. The van der Waals surface area contributed by atoms with E-state index in [9.17, 15) is 0 Å². The van der Waals surface area contributed by atoms with Crippen LogP contribution in [0.3, 0.4) is 0 Å². The monoisotopic (exact) mass is 338 g/mol. The number of aryl methyl sites for hydroxylation is 2. The zero-order chi connectivity index (χ0) is 17.9. The first-order valence-corrected chi connectivity index (χ1v) is 9.72. The summed E-state index contributed by atoms with van der Waals surface area (Å²) in [5, 5.41) is 5.36. The van der Waals surface area contributed by atoms with Gasteiger partial charge in [0.25, 0.3) is 0 Å². The molecule has 0 aliphatic rings. The van der Waals surface area contributed by atoms with Crippen molar-refractivity contribution >= 4 is 21.5 Å². The van der Waals surface area contributed by atoms with E-state index in [-0.39, 0.29) is 0 Å². The van der Waals surface area contributed by atoms with Gasteiger partial charge in [0.05, 0.1) is 0 Å². The van der Waals surface area contributed by atoms with Gasteiger partial charge in [-0.15, -0.1) is 0 Å². The Morgan fingerprint density at radius 1 is 0.577 bits per heavy atom. The van der Waals surface area contributed by atoms with Crippen LogP contribution in [0.2, 0.25) is 0 Å². The summed E-state index contributed by atoms with van der Waals surface area (Å²) in [4.78, 5) is 0. The van der Waals surface area contributed by atoms with Gasteiger partial charge < -0.3 is 0 Å². The lowest BCUT2D eigenvalue weighted by Gasteiger charge is -2.08. The zero-order valence-electron chi connectivity index (χ0n) is 15.8. The topological polar surface area (TPSA) is 0 Å². The molecule has 0 spiro atoms. The Kier molecular flexibility index (Phi) is 4.75. The van der Waals surface area contributed by atoms with E-state index in [1.54, 1.807) is 0 Å². The average molecular weight is 338 g/mol. The molecule has 130 valence electrons. The van der Waals surface area contributed by atoms with Crippen LogP contribution in [0, 0.1) is 6.92 Å². The fourth-order valence-electron chi connectivity index (χ4n) is 3.75. The molecule has 0 amide bonds. The molecule has 26 heavy (non-hydrogen) atoms. The normalized spacial score (nSPS) is 11.3. The van der Waals surface area contributed by atoms with Gasteiger partial charge >= 0.3 is 0 Å². The third-order valence-corrected chi connectivity index (χ3v) is 5.26. The molecule has 0 bridgehead atoms. The molecule has 0 fully saturated rings. The van der Waals surface area contributed by atoms with Crippen molar-refractivity contribution in [3.8, 4) is 0 Å². The van der Waals surface area contributed by atoms with E-state index in [1.165, 1.54) is 63.1 Å². The summed E-state index contributed by atoms with van der Waals surface area (Å²) >= 11 is 0. The SMILES string of the molecule is CCCCc1ccc2ccc(Cc3ccc4ccc(C)cc4c3)cc2c1. The van der Waals surface area contributed by atoms with E-state index in [0.717, 1.165) is 6.42 Å². The number of fused-ring (bicyclic) bond motifs is 2. The van der Waals surface area contributed by atoms with Gasteiger partial charge in [-0.2, -0.15) is 0 Å². The molecular formula is C26H26. The number of benzene rings is 4. The van der Waals surface area contributed by atoms with Crippen molar-refractivity contribution in [1.29, 1.82) is 0 Å². The van der Waals surface area contributed by atoms with Gasteiger partial charge in [0.2, 0.25) is 0 Å². The first-order valence-electron chi connectivity index (χ1n) is 9.72. The van der Waals surface area contributed by atoms with Gasteiger partial charge in [0, 0.05) is 0 Å². The van der Waals surface area contributed by atoms with Crippen molar-refractivity contribution in [1.82, 2.24) is 0 Å². The van der Waals surface area contributed by atoms with Crippen LogP contribution in [0.1, 0.15) is 42.0 Å². The standard InChI is InChI=1S/C26H26/c1-3-4-5-20-7-11-24-13-9-22(18-26(24)16-20)15-21-8-12-23-10-6-19(2)14-25(23)17-21/h6-14,16-18H,3-5,15H2,1-2H3. The minimum atomic E-state index is 0.985. The molecule has 0 saturated heterocycles. The molecular weight excluding hydrogens is 312 g/mol. The lowest BCUT2D eigenvalue weighted by atomic mass is 9.97. The van der Waals surface area contributed by atoms with Crippen LogP contribution < -0.4 is 0 Å². The number of unbranched alkanes of at least 4 members (excludes halogenated alkanes) is 1. The van der Waals surface area contributed by atoms with Gasteiger partial charge in [-0.25, -0.2) is 0 Å². The molecule has 0 saturated carbocycles. The quantitative estimate of drug-likeness (QED) is 0.360. The van der Waals surface area contributed by atoms with E-state index in [1.807, 2.05) is 0 Å². The summed E-state index contributed by atoms with van der Waals surface area (Å²) in [7, 11) is 0. The van der Waals surface area contributed by atoms with Gasteiger partial charge in [-0.3, -0.25) is 0 Å². The molecule has 0 radical (unpaired) electrons. The highest BCUT2D eigenvalue weighted by Gasteiger charge is 2.02. The van der Waals surface area contributed by atoms with Crippen molar-refractivity contribution in [3.63, 3.8) is 0 Å². The van der Waals surface area contributed by atoms with Gasteiger partial charge in [-0.1, -0.05) is 91.7 Å². The highest BCUT2D eigenvalue weighted by atomic mass is 14.1. The van der Waals surface area contributed by atoms with Crippen molar-refractivity contribution in [3.05, 3.63) is 95.1 Å². The second-order valence-electron chi connectivity index (χ2n) is 7.48. The van der Waals surface area contributed by atoms with Crippen LogP contribution in [0.5, 0.6) is 0 Å². The summed E-state index contributed by atoms with van der Waals surface area (Å²) in [5.74, 6) is 0. The largest absolute Gasteiger partial charge is 0.0654 e. The third-order valence-electron chi connectivity index (χ3n) is 5.26. The predicted octanol–water partition coefficient (Wildman–Crippen LogP) is 7.23. The zero-order valence-corrected chi connectivity index (χ0v) is 15.8. The Bertz CT molecular complexity index is 1060. The maximum Gasteiger partial charge on any atom is -0.00253 e. The van der Waals surface area contributed by atoms with Crippen LogP contribution >= 0.6 is 0 Å². The average Bonchev–Trinajstić information content (AvgIpc) is 2.65. The minimum absolute atomic E-state index is 0.985. The number of hydrogen-bond acceptors (Lipinski definition) is 0. The maximum absolute atomic E-state index is 2.37. The smallest absolute Gasteiger partial charge is 0.00253 e. The van der Waals surface area contributed by atoms with E-state index < -0.39 is 0 Å². The Morgan fingerprint density at radius 3 is 1.77 bits per heavy atom. The first-order chi connectivity index (χ1) is 12.7. The lowest BCUT2D eigenvalue weighted by molar-refractivity contribution is 0.796. The molecule has 4 rings (SSSR count). The molecule has 0 aromatic heterocycles. The third kappa shape index (κ3) is 3.65. The predicted molar refractivity (Wildman–Crippen MR) is 114 cm³/mol. The van der Waals surface area contributed by atoms with E-state index in [0.29, 0.717) is 0 Å². The van der Waals surface area contributed by atoms with Crippen LogP contribution in [0.15, 0.2) is 72.8 Å².